The van der Waals surface area contributed by atoms with Crippen molar-refractivity contribution in [3.8, 4) is 0 Å². The molecule has 1 atom stereocenters. The highest BCUT2D eigenvalue weighted by Crippen LogP contribution is 2.11. The maximum Gasteiger partial charge on any atom is 0.251 e. The average Bonchev–Trinajstić information content (AvgIpc) is 2.25. The Morgan fingerprint density at radius 3 is 2.75 bits per heavy atom. The van der Waals surface area contributed by atoms with Crippen LogP contribution >= 0.6 is 15.9 Å². The van der Waals surface area contributed by atoms with Crippen LogP contribution in [0.15, 0.2) is 28.7 Å². The molecule has 16 heavy (non-hydrogen) atoms. The highest BCUT2D eigenvalue weighted by Gasteiger charge is 2.10. The van der Waals surface area contributed by atoms with Crippen molar-refractivity contribution in [1.82, 2.24) is 5.32 Å². The Bertz CT molecular complexity index is 366. The van der Waals surface area contributed by atoms with Crippen molar-refractivity contribution in [3.05, 3.63) is 34.3 Å². The first-order valence-corrected chi connectivity index (χ1v) is 6.09. The van der Waals surface area contributed by atoms with Crippen molar-refractivity contribution in [2.75, 3.05) is 6.54 Å². The Kier molecular flexibility index (Phi) is 4.96. The van der Waals surface area contributed by atoms with Gasteiger partial charge in [0.1, 0.15) is 0 Å². The minimum absolute atomic E-state index is 0.00361. The van der Waals surface area contributed by atoms with Crippen LogP contribution in [0.1, 0.15) is 24.2 Å². The largest absolute Gasteiger partial charge is 0.350 e. The minimum Gasteiger partial charge on any atom is -0.350 e. The summed E-state index contributed by atoms with van der Waals surface area (Å²) >= 11 is 3.33. The zero-order chi connectivity index (χ0) is 12.1. The number of carbonyl (C=O) groups excluding carboxylic acids is 1. The number of nitrogens with one attached hydrogen (secondary N) is 1. The summed E-state index contributed by atoms with van der Waals surface area (Å²) in [4.78, 5) is 11.7. The van der Waals surface area contributed by atoms with Crippen LogP contribution in [-0.2, 0) is 0 Å². The molecule has 1 amide bonds. The lowest BCUT2D eigenvalue weighted by molar-refractivity contribution is 0.0949. The monoisotopic (exact) mass is 284 g/mol. The molecule has 3 N–H and O–H groups in total. The average molecular weight is 285 g/mol. The number of halogens is 1. The summed E-state index contributed by atoms with van der Waals surface area (Å²) in [6.45, 7) is 4.58. The summed E-state index contributed by atoms with van der Waals surface area (Å²) in [6.07, 6.45) is 0. The van der Waals surface area contributed by atoms with E-state index in [2.05, 4.69) is 21.2 Å². The molecule has 0 aliphatic rings. The SMILES string of the molecule is CC(C)C(N)CNC(=O)c1cccc(Br)c1. The van der Waals surface area contributed by atoms with Gasteiger partial charge in [0, 0.05) is 22.6 Å². The second-order valence-electron chi connectivity index (χ2n) is 4.13. The molecule has 0 fully saturated rings. The number of amides is 1. The van der Waals surface area contributed by atoms with Crippen LogP contribution in [0.3, 0.4) is 0 Å². The summed E-state index contributed by atoms with van der Waals surface area (Å²) in [5.74, 6) is 0.278. The maximum atomic E-state index is 11.7. The molecule has 1 unspecified atom stereocenters. The van der Waals surface area contributed by atoms with Crippen LogP contribution in [0.25, 0.3) is 0 Å². The molecule has 0 aliphatic carbocycles. The molecule has 3 nitrogen and oxygen atoms in total. The minimum atomic E-state index is -0.0857. The van der Waals surface area contributed by atoms with Crippen molar-refractivity contribution in [2.45, 2.75) is 19.9 Å². The first kappa shape index (κ1) is 13.2. The van der Waals surface area contributed by atoms with Crippen molar-refractivity contribution in [3.63, 3.8) is 0 Å². The third-order valence-corrected chi connectivity index (χ3v) is 2.93. The Morgan fingerprint density at radius 2 is 2.19 bits per heavy atom. The Hall–Kier alpha value is -0.870. The lowest BCUT2D eigenvalue weighted by Crippen LogP contribution is -2.40. The number of carbonyl (C=O) groups is 1. The first-order valence-electron chi connectivity index (χ1n) is 5.30. The van der Waals surface area contributed by atoms with Gasteiger partial charge in [-0.3, -0.25) is 4.79 Å². The van der Waals surface area contributed by atoms with Gasteiger partial charge < -0.3 is 11.1 Å². The molecule has 0 radical (unpaired) electrons. The Balaban J connectivity index is 2.53. The van der Waals surface area contributed by atoms with Gasteiger partial charge in [0.05, 0.1) is 0 Å². The third kappa shape index (κ3) is 3.94. The van der Waals surface area contributed by atoms with Gasteiger partial charge in [-0.25, -0.2) is 0 Å². The van der Waals surface area contributed by atoms with Gasteiger partial charge in [0.25, 0.3) is 5.91 Å². The number of hydrogen-bond acceptors (Lipinski definition) is 2. The number of benzene rings is 1. The molecule has 0 aromatic heterocycles. The number of hydrogen-bond donors (Lipinski definition) is 2. The van der Waals surface area contributed by atoms with E-state index in [0.717, 1.165) is 4.47 Å². The van der Waals surface area contributed by atoms with E-state index in [-0.39, 0.29) is 11.9 Å². The predicted molar refractivity (Wildman–Crippen MR) is 69.3 cm³/mol. The zero-order valence-electron chi connectivity index (χ0n) is 9.53. The predicted octanol–water partition coefficient (Wildman–Crippen LogP) is 2.16. The normalized spacial score (nSPS) is 12.6. The molecule has 0 spiro atoms. The zero-order valence-corrected chi connectivity index (χ0v) is 11.1. The van der Waals surface area contributed by atoms with Crippen LogP contribution in [0.4, 0.5) is 0 Å². The van der Waals surface area contributed by atoms with Crippen LogP contribution in [-0.4, -0.2) is 18.5 Å². The van der Waals surface area contributed by atoms with Crippen molar-refractivity contribution >= 4 is 21.8 Å². The summed E-state index contributed by atoms with van der Waals surface area (Å²) in [6, 6.07) is 7.28. The molecule has 1 rings (SSSR count). The summed E-state index contributed by atoms with van der Waals surface area (Å²) < 4.78 is 0.897. The van der Waals surface area contributed by atoms with Crippen LogP contribution in [0.2, 0.25) is 0 Å². The van der Waals surface area contributed by atoms with Gasteiger partial charge in [0.15, 0.2) is 0 Å². The van der Waals surface area contributed by atoms with E-state index in [1.54, 1.807) is 12.1 Å². The van der Waals surface area contributed by atoms with Gasteiger partial charge >= 0.3 is 0 Å². The fourth-order valence-electron chi connectivity index (χ4n) is 1.18. The molecular weight excluding hydrogens is 268 g/mol. The van der Waals surface area contributed by atoms with E-state index in [1.807, 2.05) is 26.0 Å². The molecule has 0 saturated carbocycles. The van der Waals surface area contributed by atoms with Crippen molar-refractivity contribution in [2.24, 2.45) is 11.7 Å². The van der Waals surface area contributed by atoms with E-state index < -0.39 is 0 Å². The van der Waals surface area contributed by atoms with Crippen molar-refractivity contribution < 1.29 is 4.79 Å². The van der Waals surface area contributed by atoms with Gasteiger partial charge in [-0.05, 0) is 24.1 Å². The molecule has 88 valence electrons. The van der Waals surface area contributed by atoms with E-state index >= 15 is 0 Å². The van der Waals surface area contributed by atoms with E-state index in [4.69, 9.17) is 5.73 Å². The molecule has 0 heterocycles. The van der Waals surface area contributed by atoms with Gasteiger partial charge in [-0.15, -0.1) is 0 Å². The second kappa shape index (κ2) is 6.01. The van der Waals surface area contributed by atoms with Crippen LogP contribution in [0.5, 0.6) is 0 Å². The first-order chi connectivity index (χ1) is 7.50. The number of nitrogens with two attached hydrogens (primary N) is 1. The van der Waals surface area contributed by atoms with Gasteiger partial charge in [-0.1, -0.05) is 35.8 Å². The number of rotatable bonds is 4. The molecular formula is C12H17BrN2O. The molecule has 1 aromatic carbocycles. The van der Waals surface area contributed by atoms with Gasteiger partial charge in [0.2, 0.25) is 0 Å². The quantitative estimate of drug-likeness (QED) is 0.890. The highest BCUT2D eigenvalue weighted by molar-refractivity contribution is 9.10. The third-order valence-electron chi connectivity index (χ3n) is 2.44. The molecule has 4 heteroatoms. The maximum absolute atomic E-state index is 11.7. The van der Waals surface area contributed by atoms with Crippen LogP contribution < -0.4 is 11.1 Å². The van der Waals surface area contributed by atoms with Crippen molar-refractivity contribution in [1.29, 1.82) is 0 Å². The molecule has 0 saturated heterocycles. The second-order valence-corrected chi connectivity index (χ2v) is 5.04. The summed E-state index contributed by atoms with van der Waals surface area (Å²) in [5.41, 5.74) is 6.49. The molecule has 0 bridgehead atoms. The lowest BCUT2D eigenvalue weighted by atomic mass is 10.1. The lowest BCUT2D eigenvalue weighted by Gasteiger charge is -2.16. The summed E-state index contributed by atoms with van der Waals surface area (Å²) in [7, 11) is 0. The molecule has 0 aliphatic heterocycles. The Morgan fingerprint density at radius 1 is 1.50 bits per heavy atom. The smallest absolute Gasteiger partial charge is 0.251 e. The molecule has 1 aromatic rings. The fourth-order valence-corrected chi connectivity index (χ4v) is 1.58. The standard InChI is InChI=1S/C12H17BrN2O/c1-8(2)11(14)7-15-12(16)9-4-3-5-10(13)6-9/h3-6,8,11H,7,14H2,1-2H3,(H,15,16). The van der Waals surface area contributed by atoms with Crippen LogP contribution in [0, 0.1) is 5.92 Å². The van der Waals surface area contributed by atoms with E-state index in [9.17, 15) is 4.79 Å². The fraction of sp³-hybridized carbons (Fsp3) is 0.417. The van der Waals surface area contributed by atoms with Gasteiger partial charge in [-0.2, -0.15) is 0 Å². The Labute approximate surface area is 105 Å². The summed E-state index contributed by atoms with van der Waals surface area (Å²) in [5, 5.41) is 2.82. The topological polar surface area (TPSA) is 55.1 Å². The van der Waals surface area contributed by atoms with E-state index in [1.165, 1.54) is 0 Å². The van der Waals surface area contributed by atoms with E-state index in [0.29, 0.717) is 18.0 Å². The highest BCUT2D eigenvalue weighted by atomic mass is 79.9.